The second kappa shape index (κ2) is 4.57. The summed E-state index contributed by atoms with van der Waals surface area (Å²) >= 11 is 0. The molecule has 0 spiro atoms. The molecule has 1 saturated heterocycles. The van der Waals surface area contributed by atoms with Gasteiger partial charge in [-0.2, -0.15) is 0 Å². The van der Waals surface area contributed by atoms with E-state index < -0.39 is 11.7 Å². The Morgan fingerprint density at radius 1 is 1.57 bits per heavy atom. The van der Waals surface area contributed by atoms with Crippen molar-refractivity contribution in [1.29, 1.82) is 0 Å². The molecule has 1 fully saturated rings. The molecule has 0 saturated carbocycles. The summed E-state index contributed by atoms with van der Waals surface area (Å²) in [5.74, 6) is 0. The molecule has 14 heavy (non-hydrogen) atoms. The van der Waals surface area contributed by atoms with E-state index >= 15 is 0 Å². The van der Waals surface area contributed by atoms with E-state index in [4.69, 9.17) is 14.2 Å². The summed E-state index contributed by atoms with van der Waals surface area (Å²) in [5.41, 5.74) is -0.572. The van der Waals surface area contributed by atoms with E-state index in [1.165, 1.54) is 0 Å². The minimum Gasteiger partial charge on any atom is -0.387 e. The number of ether oxygens (including phenoxy) is 3. The van der Waals surface area contributed by atoms with Gasteiger partial charge in [-0.3, -0.25) is 0 Å². The second-order valence-electron chi connectivity index (χ2n) is 3.89. The van der Waals surface area contributed by atoms with Crippen LogP contribution in [0.5, 0.6) is 0 Å². The fraction of sp³-hybridized carbons (Fsp3) is 1.00. The molecule has 0 aromatic rings. The molecule has 1 N–H and O–H groups in total. The van der Waals surface area contributed by atoms with Gasteiger partial charge in [-0.15, -0.1) is 0 Å². The molecule has 1 unspecified atom stereocenters. The Morgan fingerprint density at radius 2 is 2.21 bits per heavy atom. The van der Waals surface area contributed by atoms with E-state index in [9.17, 15) is 5.11 Å². The van der Waals surface area contributed by atoms with Gasteiger partial charge >= 0.3 is 0 Å². The molecule has 4 nitrogen and oxygen atoms in total. The van der Waals surface area contributed by atoms with Crippen LogP contribution >= 0.6 is 0 Å². The van der Waals surface area contributed by atoms with Gasteiger partial charge in [-0.05, 0) is 20.8 Å². The quantitative estimate of drug-likeness (QED) is 0.742. The SMILES string of the molecule is CCO[C@@H]1C[C@](C)(OC)[C@H](O)C(C)O1. The number of aliphatic hydroxyl groups excluding tert-OH is 1. The zero-order chi connectivity index (χ0) is 10.8. The van der Waals surface area contributed by atoms with Crippen molar-refractivity contribution in [3.63, 3.8) is 0 Å². The maximum atomic E-state index is 9.88. The van der Waals surface area contributed by atoms with Gasteiger partial charge in [0.05, 0.1) is 11.7 Å². The van der Waals surface area contributed by atoms with Crippen molar-refractivity contribution >= 4 is 0 Å². The van der Waals surface area contributed by atoms with Crippen molar-refractivity contribution in [3.05, 3.63) is 0 Å². The first-order chi connectivity index (χ1) is 6.53. The van der Waals surface area contributed by atoms with Crippen molar-refractivity contribution in [2.75, 3.05) is 13.7 Å². The standard InChI is InChI=1S/C10H20O4/c1-5-13-8-6-10(3,12-4)9(11)7(2)14-8/h7-9,11H,5-6H2,1-4H3/t7?,8-,9+,10-/m0/s1. The monoisotopic (exact) mass is 204 g/mol. The lowest BCUT2D eigenvalue weighted by molar-refractivity contribution is -0.276. The average molecular weight is 204 g/mol. The molecule has 1 heterocycles. The van der Waals surface area contributed by atoms with Crippen molar-refractivity contribution in [2.45, 2.75) is 51.3 Å². The van der Waals surface area contributed by atoms with Crippen molar-refractivity contribution < 1.29 is 19.3 Å². The second-order valence-corrected chi connectivity index (χ2v) is 3.89. The van der Waals surface area contributed by atoms with Crippen LogP contribution in [-0.2, 0) is 14.2 Å². The lowest BCUT2D eigenvalue weighted by atomic mass is 9.88. The molecule has 1 rings (SSSR count). The van der Waals surface area contributed by atoms with Crippen LogP contribution in [0, 0.1) is 0 Å². The first kappa shape index (κ1) is 11.9. The van der Waals surface area contributed by atoms with E-state index in [0.717, 1.165) is 0 Å². The van der Waals surface area contributed by atoms with Crippen molar-refractivity contribution in [3.8, 4) is 0 Å². The Kier molecular flexibility index (Phi) is 3.89. The smallest absolute Gasteiger partial charge is 0.160 e. The number of hydrogen-bond acceptors (Lipinski definition) is 4. The molecule has 0 radical (unpaired) electrons. The normalized spacial score (nSPS) is 43.9. The summed E-state index contributed by atoms with van der Waals surface area (Å²) in [6.45, 7) is 6.23. The Hall–Kier alpha value is -0.160. The third-order valence-electron chi connectivity index (χ3n) is 2.83. The van der Waals surface area contributed by atoms with E-state index in [0.29, 0.717) is 13.0 Å². The highest BCUT2D eigenvalue weighted by Crippen LogP contribution is 2.32. The maximum absolute atomic E-state index is 9.88. The zero-order valence-corrected chi connectivity index (χ0v) is 9.32. The number of rotatable bonds is 3. The highest BCUT2D eigenvalue weighted by atomic mass is 16.7. The van der Waals surface area contributed by atoms with Gasteiger partial charge in [0.2, 0.25) is 0 Å². The van der Waals surface area contributed by atoms with Gasteiger partial charge in [0.15, 0.2) is 6.29 Å². The summed E-state index contributed by atoms with van der Waals surface area (Å²) in [6.07, 6.45) is -0.583. The molecular weight excluding hydrogens is 184 g/mol. The maximum Gasteiger partial charge on any atom is 0.160 e. The third kappa shape index (κ3) is 2.25. The Morgan fingerprint density at radius 3 is 2.71 bits per heavy atom. The molecule has 4 heteroatoms. The summed E-state index contributed by atoms with van der Waals surface area (Å²) < 4.78 is 16.2. The highest BCUT2D eigenvalue weighted by Gasteiger charge is 2.44. The van der Waals surface area contributed by atoms with Crippen LogP contribution in [0.2, 0.25) is 0 Å². The summed E-state index contributed by atoms with van der Waals surface area (Å²) in [7, 11) is 1.60. The van der Waals surface area contributed by atoms with Crippen LogP contribution < -0.4 is 0 Å². The highest BCUT2D eigenvalue weighted by molar-refractivity contribution is 4.92. The van der Waals surface area contributed by atoms with E-state index in [-0.39, 0.29) is 12.4 Å². The molecule has 84 valence electrons. The molecule has 1 aliphatic heterocycles. The molecule has 4 atom stereocenters. The third-order valence-corrected chi connectivity index (χ3v) is 2.83. The lowest BCUT2D eigenvalue weighted by Crippen LogP contribution is -2.56. The van der Waals surface area contributed by atoms with E-state index in [2.05, 4.69) is 0 Å². The van der Waals surface area contributed by atoms with Gasteiger partial charge < -0.3 is 19.3 Å². The van der Waals surface area contributed by atoms with Crippen LogP contribution in [0.3, 0.4) is 0 Å². The molecule has 0 amide bonds. The molecule has 0 bridgehead atoms. The van der Waals surface area contributed by atoms with Gasteiger partial charge in [0.1, 0.15) is 6.10 Å². The summed E-state index contributed by atoms with van der Waals surface area (Å²) in [5, 5.41) is 9.88. The predicted octanol–water partition coefficient (Wildman–Crippen LogP) is 0.924. The van der Waals surface area contributed by atoms with Crippen LogP contribution in [0.15, 0.2) is 0 Å². The van der Waals surface area contributed by atoms with E-state index in [1.54, 1.807) is 7.11 Å². The molecule has 0 aromatic heterocycles. The van der Waals surface area contributed by atoms with E-state index in [1.807, 2.05) is 20.8 Å². The van der Waals surface area contributed by atoms with Gasteiger partial charge in [-0.25, -0.2) is 0 Å². The molecule has 0 aliphatic carbocycles. The summed E-state index contributed by atoms with van der Waals surface area (Å²) in [4.78, 5) is 0. The molecule has 1 aliphatic rings. The first-order valence-electron chi connectivity index (χ1n) is 5.03. The average Bonchev–Trinajstić information content (AvgIpc) is 2.15. The van der Waals surface area contributed by atoms with Crippen LogP contribution in [0.4, 0.5) is 0 Å². The molecule has 0 aromatic carbocycles. The number of methoxy groups -OCH3 is 1. The molecular formula is C10H20O4. The first-order valence-corrected chi connectivity index (χ1v) is 5.03. The number of hydrogen-bond donors (Lipinski definition) is 1. The predicted molar refractivity (Wildman–Crippen MR) is 52.0 cm³/mol. The Bertz CT molecular complexity index is 185. The van der Waals surface area contributed by atoms with Gasteiger partial charge in [0.25, 0.3) is 0 Å². The van der Waals surface area contributed by atoms with Crippen LogP contribution in [-0.4, -0.2) is 42.9 Å². The van der Waals surface area contributed by atoms with Gasteiger partial charge in [0, 0.05) is 20.1 Å². The fourth-order valence-corrected chi connectivity index (χ4v) is 1.80. The van der Waals surface area contributed by atoms with Gasteiger partial charge in [-0.1, -0.05) is 0 Å². The summed E-state index contributed by atoms with van der Waals surface area (Å²) in [6, 6.07) is 0. The number of aliphatic hydroxyl groups is 1. The Balaban J connectivity index is 2.66. The van der Waals surface area contributed by atoms with Crippen LogP contribution in [0.25, 0.3) is 0 Å². The minimum absolute atomic E-state index is 0.259. The van der Waals surface area contributed by atoms with Crippen molar-refractivity contribution in [1.82, 2.24) is 0 Å². The minimum atomic E-state index is -0.607. The topological polar surface area (TPSA) is 47.9 Å². The van der Waals surface area contributed by atoms with Crippen LogP contribution in [0.1, 0.15) is 27.2 Å². The zero-order valence-electron chi connectivity index (χ0n) is 9.32. The van der Waals surface area contributed by atoms with Crippen molar-refractivity contribution in [2.24, 2.45) is 0 Å². The lowest BCUT2D eigenvalue weighted by Gasteiger charge is -2.44. The Labute approximate surface area is 85.2 Å². The largest absolute Gasteiger partial charge is 0.387 e. The fourth-order valence-electron chi connectivity index (χ4n) is 1.80.